The molecule has 0 spiro atoms. The SMILES string of the molecule is CCCC1CNC(C)CN1CC1CCCC1. The van der Waals surface area contributed by atoms with E-state index in [1.54, 1.807) is 0 Å². The third-order valence-corrected chi connectivity index (χ3v) is 4.32. The van der Waals surface area contributed by atoms with Gasteiger partial charge in [0.05, 0.1) is 0 Å². The lowest BCUT2D eigenvalue weighted by Gasteiger charge is -2.40. The van der Waals surface area contributed by atoms with Crippen molar-refractivity contribution in [2.45, 2.75) is 64.5 Å². The molecule has 2 fully saturated rings. The zero-order valence-corrected chi connectivity index (χ0v) is 11.0. The number of piperazine rings is 1. The smallest absolute Gasteiger partial charge is 0.0221 e. The third-order valence-electron chi connectivity index (χ3n) is 4.32. The lowest BCUT2D eigenvalue weighted by molar-refractivity contribution is 0.108. The van der Waals surface area contributed by atoms with Gasteiger partial charge in [0.1, 0.15) is 0 Å². The molecule has 94 valence electrons. The van der Waals surface area contributed by atoms with Crippen LogP contribution in [0.1, 0.15) is 52.4 Å². The Hall–Kier alpha value is -0.0800. The molecule has 2 unspecified atom stereocenters. The zero-order chi connectivity index (χ0) is 11.4. The Kier molecular flexibility index (Phi) is 4.66. The summed E-state index contributed by atoms with van der Waals surface area (Å²) in [6.07, 6.45) is 8.61. The summed E-state index contributed by atoms with van der Waals surface area (Å²) in [4.78, 5) is 2.78. The highest BCUT2D eigenvalue weighted by Gasteiger charge is 2.27. The summed E-state index contributed by atoms with van der Waals surface area (Å²) in [6, 6.07) is 1.50. The fraction of sp³-hybridized carbons (Fsp3) is 1.00. The zero-order valence-electron chi connectivity index (χ0n) is 11.0. The predicted molar refractivity (Wildman–Crippen MR) is 69.7 cm³/mol. The fourth-order valence-corrected chi connectivity index (χ4v) is 3.40. The molecular formula is C14H28N2. The van der Waals surface area contributed by atoms with Gasteiger partial charge in [-0.25, -0.2) is 0 Å². The molecule has 0 aromatic rings. The minimum atomic E-state index is 0.689. The minimum Gasteiger partial charge on any atom is -0.311 e. The van der Waals surface area contributed by atoms with Crippen molar-refractivity contribution >= 4 is 0 Å². The average Bonchev–Trinajstić information content (AvgIpc) is 2.75. The number of nitrogens with one attached hydrogen (secondary N) is 1. The van der Waals surface area contributed by atoms with E-state index in [9.17, 15) is 0 Å². The van der Waals surface area contributed by atoms with Crippen molar-refractivity contribution in [3.05, 3.63) is 0 Å². The Bertz CT molecular complexity index is 199. The lowest BCUT2D eigenvalue weighted by Crippen LogP contribution is -2.56. The van der Waals surface area contributed by atoms with Crippen molar-refractivity contribution in [2.24, 2.45) is 5.92 Å². The number of hydrogen-bond acceptors (Lipinski definition) is 2. The molecule has 0 amide bonds. The summed E-state index contributed by atoms with van der Waals surface area (Å²) in [5.74, 6) is 1.00. The van der Waals surface area contributed by atoms with Gasteiger partial charge in [-0.15, -0.1) is 0 Å². The van der Waals surface area contributed by atoms with Crippen LogP contribution in [0.2, 0.25) is 0 Å². The molecule has 16 heavy (non-hydrogen) atoms. The molecule has 0 radical (unpaired) electrons. The van der Waals surface area contributed by atoms with Crippen molar-refractivity contribution in [1.29, 1.82) is 0 Å². The fourth-order valence-electron chi connectivity index (χ4n) is 3.40. The Labute approximate surface area is 101 Å². The monoisotopic (exact) mass is 224 g/mol. The standard InChI is InChI=1S/C14H28N2/c1-3-6-14-9-15-12(2)10-16(14)11-13-7-4-5-8-13/h12-15H,3-11H2,1-2H3. The number of rotatable bonds is 4. The van der Waals surface area contributed by atoms with Crippen LogP contribution < -0.4 is 5.32 Å². The molecule has 2 heteroatoms. The quantitative estimate of drug-likeness (QED) is 0.790. The first-order chi connectivity index (χ1) is 7.79. The van der Waals surface area contributed by atoms with Crippen LogP contribution in [0.5, 0.6) is 0 Å². The summed E-state index contributed by atoms with van der Waals surface area (Å²) in [5, 5.41) is 3.63. The van der Waals surface area contributed by atoms with Crippen LogP contribution >= 0.6 is 0 Å². The number of nitrogens with zero attached hydrogens (tertiary/aromatic N) is 1. The van der Waals surface area contributed by atoms with Crippen molar-refractivity contribution < 1.29 is 0 Å². The van der Waals surface area contributed by atoms with E-state index in [1.807, 2.05) is 0 Å². The molecule has 1 saturated heterocycles. The first-order valence-corrected chi connectivity index (χ1v) is 7.27. The van der Waals surface area contributed by atoms with E-state index in [0.29, 0.717) is 6.04 Å². The van der Waals surface area contributed by atoms with Gasteiger partial charge < -0.3 is 5.32 Å². The molecule has 1 aliphatic carbocycles. The number of hydrogen-bond donors (Lipinski definition) is 1. The maximum absolute atomic E-state index is 3.63. The van der Waals surface area contributed by atoms with Crippen LogP contribution in [0.3, 0.4) is 0 Å². The van der Waals surface area contributed by atoms with Crippen LogP contribution in [0.15, 0.2) is 0 Å². The molecule has 1 aliphatic heterocycles. The molecule has 0 aromatic heterocycles. The average molecular weight is 224 g/mol. The van der Waals surface area contributed by atoms with Gasteiger partial charge in [0, 0.05) is 31.7 Å². The molecule has 2 rings (SSSR count). The van der Waals surface area contributed by atoms with Crippen molar-refractivity contribution in [3.63, 3.8) is 0 Å². The van der Waals surface area contributed by atoms with E-state index < -0.39 is 0 Å². The molecule has 1 heterocycles. The second-order valence-electron chi connectivity index (χ2n) is 5.86. The molecule has 2 atom stereocenters. The van der Waals surface area contributed by atoms with Crippen molar-refractivity contribution in [3.8, 4) is 0 Å². The van der Waals surface area contributed by atoms with Gasteiger partial charge in [-0.05, 0) is 32.1 Å². The van der Waals surface area contributed by atoms with Crippen molar-refractivity contribution in [2.75, 3.05) is 19.6 Å². The van der Waals surface area contributed by atoms with Crippen molar-refractivity contribution in [1.82, 2.24) is 10.2 Å². The largest absolute Gasteiger partial charge is 0.311 e. The van der Waals surface area contributed by atoms with Crippen LogP contribution in [0, 0.1) is 5.92 Å². The molecule has 2 nitrogen and oxygen atoms in total. The summed E-state index contributed by atoms with van der Waals surface area (Å²) in [6.45, 7) is 8.48. The Morgan fingerprint density at radius 3 is 2.69 bits per heavy atom. The molecular weight excluding hydrogens is 196 g/mol. The van der Waals surface area contributed by atoms with E-state index in [-0.39, 0.29) is 0 Å². The van der Waals surface area contributed by atoms with Crippen LogP contribution in [0.4, 0.5) is 0 Å². The highest BCUT2D eigenvalue weighted by atomic mass is 15.2. The second kappa shape index (κ2) is 6.02. The first kappa shape index (κ1) is 12.4. The van der Waals surface area contributed by atoms with E-state index in [0.717, 1.165) is 12.0 Å². The third kappa shape index (κ3) is 3.21. The maximum atomic E-state index is 3.63. The van der Waals surface area contributed by atoms with Crippen LogP contribution in [-0.4, -0.2) is 36.6 Å². The molecule has 2 aliphatic rings. The normalized spacial score (nSPS) is 33.4. The highest BCUT2D eigenvalue weighted by molar-refractivity contribution is 4.85. The van der Waals surface area contributed by atoms with E-state index in [1.165, 1.54) is 58.2 Å². The minimum absolute atomic E-state index is 0.689. The molecule has 0 aromatic carbocycles. The van der Waals surface area contributed by atoms with Gasteiger partial charge in [0.25, 0.3) is 0 Å². The summed E-state index contributed by atoms with van der Waals surface area (Å²) >= 11 is 0. The van der Waals surface area contributed by atoms with Crippen LogP contribution in [-0.2, 0) is 0 Å². The summed E-state index contributed by atoms with van der Waals surface area (Å²) in [7, 11) is 0. The lowest BCUT2D eigenvalue weighted by atomic mass is 10.0. The summed E-state index contributed by atoms with van der Waals surface area (Å²) < 4.78 is 0. The maximum Gasteiger partial charge on any atom is 0.0221 e. The molecule has 1 N–H and O–H groups in total. The Morgan fingerprint density at radius 1 is 1.25 bits per heavy atom. The predicted octanol–water partition coefficient (Wildman–Crippen LogP) is 2.64. The molecule has 1 saturated carbocycles. The van der Waals surface area contributed by atoms with Gasteiger partial charge >= 0.3 is 0 Å². The molecule has 0 bridgehead atoms. The van der Waals surface area contributed by atoms with Gasteiger partial charge in [-0.1, -0.05) is 26.2 Å². The highest BCUT2D eigenvalue weighted by Crippen LogP contribution is 2.27. The van der Waals surface area contributed by atoms with Gasteiger partial charge in [0.15, 0.2) is 0 Å². The van der Waals surface area contributed by atoms with Gasteiger partial charge in [0.2, 0.25) is 0 Å². The summed E-state index contributed by atoms with van der Waals surface area (Å²) in [5.41, 5.74) is 0. The second-order valence-corrected chi connectivity index (χ2v) is 5.86. The first-order valence-electron chi connectivity index (χ1n) is 7.27. The Balaban J connectivity index is 1.85. The Morgan fingerprint density at radius 2 is 2.00 bits per heavy atom. The van der Waals surface area contributed by atoms with E-state index in [2.05, 4.69) is 24.1 Å². The topological polar surface area (TPSA) is 15.3 Å². The van der Waals surface area contributed by atoms with Gasteiger partial charge in [-0.2, -0.15) is 0 Å². The van der Waals surface area contributed by atoms with Crippen LogP contribution in [0.25, 0.3) is 0 Å². The van der Waals surface area contributed by atoms with E-state index in [4.69, 9.17) is 0 Å². The van der Waals surface area contributed by atoms with Gasteiger partial charge in [-0.3, -0.25) is 4.90 Å². The van der Waals surface area contributed by atoms with E-state index >= 15 is 0 Å².